The summed E-state index contributed by atoms with van der Waals surface area (Å²) in [6.45, 7) is 8.72. The third-order valence-corrected chi connectivity index (χ3v) is 6.87. The SMILES string of the molecule is COCCn1c(SCC(=O)c2ccc(C)cc2C)nc2sc(C)c(C)c2c1=O. The minimum atomic E-state index is -0.0645. The van der Waals surface area contributed by atoms with Crippen LogP contribution in [0, 0.1) is 27.7 Å². The van der Waals surface area contributed by atoms with Crippen LogP contribution < -0.4 is 5.56 Å². The van der Waals surface area contributed by atoms with Crippen molar-refractivity contribution >= 4 is 39.1 Å². The van der Waals surface area contributed by atoms with Crippen LogP contribution in [0.5, 0.6) is 0 Å². The number of aromatic nitrogens is 2. The maximum atomic E-state index is 13.1. The summed E-state index contributed by atoms with van der Waals surface area (Å²) in [6, 6.07) is 5.82. The van der Waals surface area contributed by atoms with E-state index in [1.54, 1.807) is 11.7 Å². The molecule has 2 aromatic heterocycles. The molecule has 148 valence electrons. The maximum absolute atomic E-state index is 13.1. The molecular formula is C21H24N2O3S2. The third-order valence-electron chi connectivity index (χ3n) is 4.79. The fraction of sp³-hybridized carbons (Fsp3) is 0.381. The van der Waals surface area contributed by atoms with Gasteiger partial charge in [-0.1, -0.05) is 35.5 Å². The normalized spacial score (nSPS) is 11.3. The molecule has 0 atom stereocenters. The van der Waals surface area contributed by atoms with Gasteiger partial charge in [0.1, 0.15) is 4.83 Å². The molecule has 0 saturated heterocycles. The average molecular weight is 417 g/mol. The number of fused-ring (bicyclic) bond motifs is 1. The molecule has 2 heterocycles. The van der Waals surface area contributed by atoms with Crippen molar-refractivity contribution in [3.63, 3.8) is 0 Å². The number of hydrogen-bond acceptors (Lipinski definition) is 6. The summed E-state index contributed by atoms with van der Waals surface area (Å²) in [6.07, 6.45) is 0. The Balaban J connectivity index is 1.95. The fourth-order valence-electron chi connectivity index (χ4n) is 3.13. The lowest BCUT2D eigenvalue weighted by atomic mass is 10.0. The van der Waals surface area contributed by atoms with E-state index in [9.17, 15) is 9.59 Å². The first kappa shape index (κ1) is 20.8. The Morgan fingerprint density at radius 2 is 2.00 bits per heavy atom. The molecular weight excluding hydrogens is 392 g/mol. The van der Waals surface area contributed by atoms with E-state index in [0.29, 0.717) is 29.3 Å². The number of ketones is 1. The second-order valence-corrected chi connectivity index (χ2v) is 8.98. The molecule has 0 aliphatic heterocycles. The van der Waals surface area contributed by atoms with Crippen molar-refractivity contribution in [1.82, 2.24) is 9.55 Å². The number of methoxy groups -OCH3 is 1. The number of aryl methyl sites for hydroxylation is 4. The summed E-state index contributed by atoms with van der Waals surface area (Å²) in [4.78, 5) is 32.3. The summed E-state index contributed by atoms with van der Waals surface area (Å²) in [7, 11) is 1.60. The van der Waals surface area contributed by atoms with Gasteiger partial charge in [0.15, 0.2) is 10.9 Å². The molecule has 0 N–H and O–H groups in total. The minimum absolute atomic E-state index is 0.0358. The molecule has 0 amide bonds. The molecule has 5 nitrogen and oxygen atoms in total. The van der Waals surface area contributed by atoms with Crippen LogP contribution in [0.4, 0.5) is 0 Å². The minimum Gasteiger partial charge on any atom is -0.383 e. The predicted molar refractivity (Wildman–Crippen MR) is 116 cm³/mol. The Bertz CT molecular complexity index is 1100. The van der Waals surface area contributed by atoms with E-state index in [1.165, 1.54) is 23.1 Å². The fourth-order valence-corrected chi connectivity index (χ4v) is 5.11. The van der Waals surface area contributed by atoms with E-state index in [4.69, 9.17) is 9.72 Å². The van der Waals surface area contributed by atoms with Gasteiger partial charge in [-0.3, -0.25) is 14.2 Å². The van der Waals surface area contributed by atoms with Crippen LogP contribution >= 0.6 is 23.1 Å². The number of benzene rings is 1. The zero-order valence-corrected chi connectivity index (χ0v) is 18.4. The number of hydrogen-bond donors (Lipinski definition) is 0. The zero-order valence-electron chi connectivity index (χ0n) is 16.8. The highest BCUT2D eigenvalue weighted by Crippen LogP contribution is 2.28. The first-order chi connectivity index (χ1) is 13.3. The molecule has 0 bridgehead atoms. The van der Waals surface area contributed by atoms with E-state index in [0.717, 1.165) is 26.4 Å². The lowest BCUT2D eigenvalue weighted by molar-refractivity contribution is 0.102. The highest BCUT2D eigenvalue weighted by atomic mass is 32.2. The van der Waals surface area contributed by atoms with Gasteiger partial charge in [-0.05, 0) is 38.8 Å². The molecule has 0 aliphatic carbocycles. The highest BCUT2D eigenvalue weighted by Gasteiger charge is 2.18. The first-order valence-electron chi connectivity index (χ1n) is 9.06. The van der Waals surface area contributed by atoms with Gasteiger partial charge in [0, 0.05) is 17.6 Å². The van der Waals surface area contributed by atoms with Crippen LogP contribution in [-0.2, 0) is 11.3 Å². The molecule has 0 spiro atoms. The smallest absolute Gasteiger partial charge is 0.263 e. The van der Waals surface area contributed by atoms with Gasteiger partial charge in [0.05, 0.1) is 24.3 Å². The van der Waals surface area contributed by atoms with Gasteiger partial charge in [-0.25, -0.2) is 4.98 Å². The number of rotatable bonds is 7. The molecule has 3 rings (SSSR count). The number of ether oxygens (including phenoxy) is 1. The van der Waals surface area contributed by atoms with Gasteiger partial charge in [-0.15, -0.1) is 11.3 Å². The Morgan fingerprint density at radius 1 is 1.25 bits per heavy atom. The van der Waals surface area contributed by atoms with Gasteiger partial charge in [0.2, 0.25) is 0 Å². The van der Waals surface area contributed by atoms with Crippen molar-refractivity contribution in [2.45, 2.75) is 39.4 Å². The van der Waals surface area contributed by atoms with E-state index in [1.807, 2.05) is 45.9 Å². The number of carbonyl (C=O) groups is 1. The summed E-state index contributed by atoms with van der Waals surface area (Å²) in [5.74, 6) is 0.270. The van der Waals surface area contributed by atoms with E-state index >= 15 is 0 Å². The molecule has 1 aromatic carbocycles. The Labute approximate surface area is 172 Å². The van der Waals surface area contributed by atoms with Crippen LogP contribution in [0.2, 0.25) is 0 Å². The molecule has 7 heteroatoms. The van der Waals surface area contributed by atoms with Crippen LogP contribution in [-0.4, -0.2) is 34.8 Å². The maximum Gasteiger partial charge on any atom is 0.263 e. The number of carbonyl (C=O) groups excluding carboxylic acids is 1. The summed E-state index contributed by atoms with van der Waals surface area (Å²) < 4.78 is 6.79. The molecule has 0 aliphatic rings. The topological polar surface area (TPSA) is 61.2 Å². The molecule has 0 unspecified atom stereocenters. The van der Waals surface area contributed by atoms with Crippen molar-refractivity contribution in [3.8, 4) is 0 Å². The molecule has 0 fully saturated rings. The Kier molecular flexibility index (Phi) is 6.37. The van der Waals surface area contributed by atoms with Gasteiger partial charge in [0.25, 0.3) is 5.56 Å². The summed E-state index contributed by atoms with van der Waals surface area (Å²) >= 11 is 2.83. The second kappa shape index (κ2) is 8.59. The molecule has 28 heavy (non-hydrogen) atoms. The highest BCUT2D eigenvalue weighted by molar-refractivity contribution is 7.99. The van der Waals surface area contributed by atoms with Crippen molar-refractivity contribution in [3.05, 3.63) is 55.7 Å². The van der Waals surface area contributed by atoms with Gasteiger partial charge >= 0.3 is 0 Å². The lowest BCUT2D eigenvalue weighted by Gasteiger charge is -2.12. The monoisotopic (exact) mass is 416 g/mol. The van der Waals surface area contributed by atoms with Crippen molar-refractivity contribution in [2.24, 2.45) is 0 Å². The molecule has 0 radical (unpaired) electrons. The third kappa shape index (κ3) is 4.06. The van der Waals surface area contributed by atoms with Crippen LogP contribution in [0.3, 0.4) is 0 Å². The Morgan fingerprint density at radius 3 is 2.68 bits per heavy atom. The van der Waals surface area contributed by atoms with Crippen molar-refractivity contribution < 1.29 is 9.53 Å². The second-order valence-electron chi connectivity index (χ2n) is 6.84. The number of thiophene rings is 1. The molecule has 3 aromatic rings. The van der Waals surface area contributed by atoms with Crippen molar-refractivity contribution in [2.75, 3.05) is 19.5 Å². The number of nitrogens with zero attached hydrogens (tertiary/aromatic N) is 2. The van der Waals surface area contributed by atoms with E-state index in [-0.39, 0.29) is 17.1 Å². The average Bonchev–Trinajstić information content (AvgIpc) is 2.93. The lowest BCUT2D eigenvalue weighted by Crippen LogP contribution is -2.25. The summed E-state index contributed by atoms with van der Waals surface area (Å²) in [5.41, 5.74) is 3.73. The van der Waals surface area contributed by atoms with Crippen LogP contribution in [0.1, 0.15) is 31.9 Å². The predicted octanol–water partition coefficient (Wildman–Crippen LogP) is 4.31. The standard InChI is InChI=1S/C21H24N2O3S2/c1-12-6-7-16(13(2)10-12)17(24)11-27-21-22-19-18(14(3)15(4)28-19)20(25)23(21)8-9-26-5/h6-7,10H,8-9,11H2,1-5H3. The zero-order chi connectivity index (χ0) is 20.4. The van der Waals surface area contributed by atoms with Crippen molar-refractivity contribution in [1.29, 1.82) is 0 Å². The van der Waals surface area contributed by atoms with Gasteiger partial charge in [-0.2, -0.15) is 0 Å². The van der Waals surface area contributed by atoms with Crippen LogP contribution in [0.15, 0.2) is 28.2 Å². The van der Waals surface area contributed by atoms with E-state index < -0.39 is 0 Å². The van der Waals surface area contributed by atoms with Gasteiger partial charge < -0.3 is 4.74 Å². The largest absolute Gasteiger partial charge is 0.383 e. The van der Waals surface area contributed by atoms with E-state index in [2.05, 4.69) is 0 Å². The molecule has 0 saturated carbocycles. The first-order valence-corrected chi connectivity index (χ1v) is 10.9. The number of thioether (sulfide) groups is 1. The number of Topliss-reactive ketones (excluding diaryl/α,β-unsaturated/α-hetero) is 1. The quantitative estimate of drug-likeness (QED) is 0.326. The van der Waals surface area contributed by atoms with Crippen LogP contribution in [0.25, 0.3) is 10.2 Å². The summed E-state index contributed by atoms with van der Waals surface area (Å²) in [5, 5.41) is 1.23. The Hall–Kier alpha value is -1.96.